The van der Waals surface area contributed by atoms with Crippen molar-refractivity contribution in [2.45, 2.75) is 32.9 Å². The van der Waals surface area contributed by atoms with Crippen LogP contribution in [0.5, 0.6) is 0 Å². The minimum Gasteiger partial charge on any atom is -0.456 e. The molecule has 67 heavy (non-hydrogen) atoms. The summed E-state index contributed by atoms with van der Waals surface area (Å²) in [6, 6.07) is 69.3. The zero-order valence-electron chi connectivity index (χ0n) is 37.3. The van der Waals surface area contributed by atoms with Crippen molar-refractivity contribution in [1.82, 2.24) is 9.13 Å². The summed E-state index contributed by atoms with van der Waals surface area (Å²) in [5.74, 6) is 0.143. The van der Waals surface area contributed by atoms with Gasteiger partial charge >= 0.3 is 0 Å². The Kier molecular flexibility index (Phi) is 8.57. The molecule has 0 radical (unpaired) electrons. The van der Waals surface area contributed by atoms with Gasteiger partial charge in [-0.1, -0.05) is 147 Å². The molecule has 0 spiro atoms. The summed E-state index contributed by atoms with van der Waals surface area (Å²) >= 11 is 1.89. The van der Waals surface area contributed by atoms with Gasteiger partial charge in [-0.3, -0.25) is 4.99 Å². The fourth-order valence-electron chi connectivity index (χ4n) is 11.7. The third-order valence-electron chi connectivity index (χ3n) is 14.8. The standard InChI is InChI=1S/C62H45N3OS/c1-3-42-43(40-29-31-48-47-21-10-15-27-58(47)67-59(48)34-40)30-28-37(2)61(63-62(42)65-53-24-12-6-18-44(53)45-19-7-13-25-54(45)65)51-35-41(36-57-60(51)49-22-9-14-26-56(49)66-57)64-52-23-11-8-20-46(52)50-32-38-16-4-5-17-39(38)33-55(50)64/h4-27,29-37,42,62H,3,28H2,1-2H3/b43-30+,63-61+. The quantitative estimate of drug-likeness (QED) is 0.170. The summed E-state index contributed by atoms with van der Waals surface area (Å²) in [7, 11) is 0. The smallest absolute Gasteiger partial charge is 0.138 e. The van der Waals surface area contributed by atoms with Gasteiger partial charge in [0.15, 0.2) is 0 Å². The Hall–Kier alpha value is -7.73. The van der Waals surface area contributed by atoms with E-state index in [4.69, 9.17) is 9.41 Å². The van der Waals surface area contributed by atoms with E-state index in [0.29, 0.717) is 0 Å². The van der Waals surface area contributed by atoms with Crippen LogP contribution in [0.1, 0.15) is 44.0 Å². The molecule has 0 fully saturated rings. The van der Waals surface area contributed by atoms with Gasteiger partial charge in [-0.05, 0) is 89.3 Å². The second-order valence-corrected chi connectivity index (χ2v) is 19.6. The molecule has 0 N–H and O–H groups in total. The molecule has 0 bridgehead atoms. The van der Waals surface area contributed by atoms with E-state index in [2.05, 4.69) is 217 Å². The first-order valence-electron chi connectivity index (χ1n) is 23.6. The van der Waals surface area contributed by atoms with Crippen molar-refractivity contribution in [3.05, 3.63) is 205 Å². The lowest BCUT2D eigenvalue weighted by atomic mass is 9.82. The molecule has 5 heteroatoms. The lowest BCUT2D eigenvalue weighted by molar-refractivity contribution is 0.415. The van der Waals surface area contributed by atoms with Crippen LogP contribution >= 0.6 is 11.3 Å². The van der Waals surface area contributed by atoms with Crippen LogP contribution in [-0.2, 0) is 0 Å². The van der Waals surface area contributed by atoms with Crippen molar-refractivity contribution in [1.29, 1.82) is 0 Å². The molecule has 0 aliphatic carbocycles. The monoisotopic (exact) mass is 879 g/mol. The van der Waals surface area contributed by atoms with E-state index in [1.165, 1.54) is 85.7 Å². The first-order chi connectivity index (χ1) is 33.1. The Morgan fingerprint density at radius 2 is 1.18 bits per heavy atom. The number of benzene rings is 9. The van der Waals surface area contributed by atoms with E-state index in [1.54, 1.807) is 0 Å². The second-order valence-electron chi connectivity index (χ2n) is 18.5. The molecule has 4 nitrogen and oxygen atoms in total. The van der Waals surface area contributed by atoms with Crippen LogP contribution in [0.4, 0.5) is 0 Å². The Morgan fingerprint density at radius 1 is 0.552 bits per heavy atom. The fraction of sp³-hybridized carbons (Fsp3) is 0.113. The van der Waals surface area contributed by atoms with Crippen LogP contribution in [0.3, 0.4) is 0 Å². The van der Waals surface area contributed by atoms with E-state index < -0.39 is 0 Å². The number of aromatic nitrogens is 2. The molecule has 1 aliphatic rings. The molecule has 5 heterocycles. The van der Waals surface area contributed by atoms with E-state index in [9.17, 15) is 0 Å². The predicted octanol–water partition coefficient (Wildman–Crippen LogP) is 17.4. The number of nitrogens with zero attached hydrogens (tertiary/aromatic N) is 3. The predicted molar refractivity (Wildman–Crippen MR) is 285 cm³/mol. The van der Waals surface area contributed by atoms with Crippen LogP contribution in [0.25, 0.3) is 108 Å². The maximum absolute atomic E-state index is 6.91. The highest BCUT2D eigenvalue weighted by molar-refractivity contribution is 7.25. The number of furan rings is 1. The van der Waals surface area contributed by atoms with E-state index in [1.807, 2.05) is 11.3 Å². The van der Waals surface area contributed by atoms with Gasteiger partial charge in [-0.25, -0.2) is 0 Å². The average Bonchev–Trinajstić information content (AvgIpc) is 4.12. The minimum atomic E-state index is -0.256. The fourth-order valence-corrected chi connectivity index (χ4v) is 12.8. The van der Waals surface area contributed by atoms with E-state index >= 15 is 0 Å². The molecule has 13 aromatic rings. The molecular formula is C62H45N3OS. The van der Waals surface area contributed by atoms with Crippen LogP contribution in [-0.4, -0.2) is 14.8 Å². The molecule has 1 aliphatic heterocycles. The number of para-hydroxylation sites is 4. The van der Waals surface area contributed by atoms with Crippen LogP contribution in [0, 0.1) is 11.8 Å². The van der Waals surface area contributed by atoms with Crippen molar-refractivity contribution < 1.29 is 4.42 Å². The largest absolute Gasteiger partial charge is 0.456 e. The minimum absolute atomic E-state index is 0.0684. The maximum Gasteiger partial charge on any atom is 0.138 e. The van der Waals surface area contributed by atoms with Crippen LogP contribution in [0.15, 0.2) is 204 Å². The zero-order valence-corrected chi connectivity index (χ0v) is 38.1. The first-order valence-corrected chi connectivity index (χ1v) is 24.5. The van der Waals surface area contributed by atoms with Gasteiger partial charge in [0.25, 0.3) is 0 Å². The molecule has 3 atom stereocenters. The van der Waals surface area contributed by atoms with E-state index in [0.717, 1.165) is 51.7 Å². The zero-order chi connectivity index (χ0) is 44.3. The van der Waals surface area contributed by atoms with Crippen molar-refractivity contribution in [3.8, 4) is 5.69 Å². The summed E-state index contributed by atoms with van der Waals surface area (Å²) < 4.78 is 14.6. The van der Waals surface area contributed by atoms with Gasteiger partial charge in [-0.2, -0.15) is 0 Å². The van der Waals surface area contributed by atoms with Gasteiger partial charge in [0, 0.05) is 81.7 Å². The number of fused-ring (bicyclic) bond motifs is 13. The SMILES string of the molecule is CCC1/C(c2ccc3c(c2)sc2ccccc23)=C/CC(C)/C(c2cc(-n3c4ccccc4c4cc5ccccc5cc43)cc3oc4ccccc4c23)=N\C1n1c2ccccc2c2ccccc21. The van der Waals surface area contributed by atoms with Crippen molar-refractivity contribution in [2.75, 3.05) is 0 Å². The third-order valence-corrected chi connectivity index (χ3v) is 15.9. The molecule has 9 aromatic carbocycles. The van der Waals surface area contributed by atoms with Gasteiger partial charge in [0.1, 0.15) is 17.3 Å². The molecule has 14 rings (SSSR count). The highest BCUT2D eigenvalue weighted by Crippen LogP contribution is 2.47. The summed E-state index contributed by atoms with van der Waals surface area (Å²) in [5.41, 5.74) is 12.4. The highest BCUT2D eigenvalue weighted by Gasteiger charge is 2.33. The van der Waals surface area contributed by atoms with E-state index in [-0.39, 0.29) is 18.0 Å². The van der Waals surface area contributed by atoms with Crippen LogP contribution < -0.4 is 0 Å². The van der Waals surface area contributed by atoms with Crippen molar-refractivity contribution in [3.63, 3.8) is 0 Å². The van der Waals surface area contributed by atoms with Gasteiger partial charge in [-0.15, -0.1) is 11.3 Å². The lowest BCUT2D eigenvalue weighted by Crippen LogP contribution is -2.25. The van der Waals surface area contributed by atoms with Gasteiger partial charge < -0.3 is 13.6 Å². The number of aliphatic imine (C=N–C) groups is 1. The number of thiophene rings is 1. The topological polar surface area (TPSA) is 35.4 Å². The number of allylic oxidation sites excluding steroid dienone is 1. The van der Waals surface area contributed by atoms with Gasteiger partial charge in [0.05, 0.1) is 27.8 Å². The molecule has 3 unspecified atom stereocenters. The number of hydrogen-bond acceptors (Lipinski definition) is 3. The molecule has 4 aromatic heterocycles. The van der Waals surface area contributed by atoms with Crippen molar-refractivity contribution >= 4 is 119 Å². The average molecular weight is 880 g/mol. The number of rotatable bonds is 5. The molecule has 320 valence electrons. The van der Waals surface area contributed by atoms with Crippen molar-refractivity contribution in [2.24, 2.45) is 16.8 Å². The third kappa shape index (κ3) is 5.81. The molecular weight excluding hydrogens is 835 g/mol. The first kappa shape index (κ1) is 38.5. The summed E-state index contributed by atoms with van der Waals surface area (Å²) in [4.78, 5) is 6.27. The Balaban J connectivity index is 1.05. The molecule has 0 saturated heterocycles. The molecule has 0 saturated carbocycles. The normalized spacial score (nSPS) is 18.7. The van der Waals surface area contributed by atoms with Gasteiger partial charge in [0.2, 0.25) is 0 Å². The highest BCUT2D eigenvalue weighted by atomic mass is 32.1. The summed E-state index contributed by atoms with van der Waals surface area (Å²) in [6.07, 6.45) is 4.06. The Morgan fingerprint density at radius 3 is 1.94 bits per heavy atom. The number of hydrogen-bond donors (Lipinski definition) is 0. The second kappa shape index (κ2) is 14.9. The van der Waals surface area contributed by atoms with Crippen LogP contribution in [0.2, 0.25) is 0 Å². The maximum atomic E-state index is 6.91. The summed E-state index contributed by atoms with van der Waals surface area (Å²) in [6.45, 7) is 4.73. The lowest BCUT2D eigenvalue weighted by Gasteiger charge is -2.33. The molecule has 0 amide bonds. The Bertz CT molecular complexity index is 4180. The Labute approximate surface area is 391 Å². The summed E-state index contributed by atoms with van der Waals surface area (Å²) in [5, 5.41) is 12.3.